The average molecular weight is 542 g/mol. The third kappa shape index (κ3) is 6.07. The van der Waals surface area contributed by atoms with Gasteiger partial charge in [-0.1, -0.05) is 19.9 Å². The van der Waals surface area contributed by atoms with Gasteiger partial charge in [-0.25, -0.2) is 9.79 Å². The Kier molecular flexibility index (Phi) is 10.4. The van der Waals surface area contributed by atoms with Gasteiger partial charge in [0.05, 0.1) is 10.9 Å². The Morgan fingerprint density at radius 3 is 2.63 bits per heavy atom. The number of hydrogen-bond donors (Lipinski definition) is 3. The second kappa shape index (κ2) is 13.5. The number of nitrogens with one attached hydrogen (secondary N) is 2. The number of amides is 1. The molecule has 0 unspecified atom stereocenters. The van der Waals surface area contributed by atoms with Crippen molar-refractivity contribution >= 4 is 39.5 Å². The van der Waals surface area contributed by atoms with E-state index in [4.69, 9.17) is 5.11 Å². The lowest BCUT2D eigenvalue weighted by atomic mass is 10.0. The number of allylic oxidation sites excluding steroid dienone is 1. The van der Waals surface area contributed by atoms with E-state index in [9.17, 15) is 14.4 Å². The van der Waals surface area contributed by atoms with E-state index in [2.05, 4.69) is 28.8 Å². The quantitative estimate of drug-likeness (QED) is 0.161. The van der Waals surface area contributed by atoms with Gasteiger partial charge in [0, 0.05) is 56.4 Å². The number of thiophene rings is 1. The van der Waals surface area contributed by atoms with Gasteiger partial charge in [-0.3, -0.25) is 18.7 Å². The number of carbonyl (C=O) groups is 1. The Morgan fingerprint density at radius 1 is 1.21 bits per heavy atom. The Bertz CT molecular complexity index is 1440. The molecule has 0 saturated heterocycles. The predicted molar refractivity (Wildman–Crippen MR) is 156 cm³/mol. The minimum absolute atomic E-state index is 0.119. The van der Waals surface area contributed by atoms with Crippen LogP contribution in [0.25, 0.3) is 10.2 Å². The van der Waals surface area contributed by atoms with Gasteiger partial charge in [0.1, 0.15) is 10.6 Å². The van der Waals surface area contributed by atoms with Gasteiger partial charge in [-0.2, -0.15) is 0 Å². The maximum Gasteiger partial charge on any atom is 0.331 e. The van der Waals surface area contributed by atoms with Crippen molar-refractivity contribution in [3.05, 3.63) is 60.8 Å². The summed E-state index contributed by atoms with van der Waals surface area (Å²) in [7, 11) is 1.46. The molecule has 3 heterocycles. The zero-order chi connectivity index (χ0) is 27.8. The van der Waals surface area contributed by atoms with Crippen LogP contribution in [0.1, 0.15) is 78.0 Å². The zero-order valence-electron chi connectivity index (χ0n) is 22.9. The number of aliphatic imine (C=N–C) groups is 1. The van der Waals surface area contributed by atoms with Crippen LogP contribution in [0.4, 0.5) is 5.82 Å². The van der Waals surface area contributed by atoms with Crippen LogP contribution >= 0.6 is 11.3 Å². The average Bonchev–Trinajstić information content (AvgIpc) is 3.42. The summed E-state index contributed by atoms with van der Waals surface area (Å²) in [6, 6.07) is 0. The maximum atomic E-state index is 13.6. The summed E-state index contributed by atoms with van der Waals surface area (Å²) in [6.07, 6.45) is 8.37. The van der Waals surface area contributed by atoms with Crippen LogP contribution in [0.15, 0.2) is 27.2 Å². The zero-order valence-corrected chi connectivity index (χ0v) is 23.7. The highest BCUT2D eigenvalue weighted by Crippen LogP contribution is 2.35. The molecule has 206 valence electrons. The van der Waals surface area contributed by atoms with Crippen molar-refractivity contribution < 1.29 is 9.90 Å². The second-order valence-electron chi connectivity index (χ2n) is 9.34. The molecular formula is C28H39N5O4S. The second-order valence-corrected chi connectivity index (χ2v) is 10.4. The van der Waals surface area contributed by atoms with Gasteiger partial charge < -0.3 is 15.4 Å². The first kappa shape index (κ1) is 29.3. The Morgan fingerprint density at radius 2 is 1.97 bits per heavy atom. The van der Waals surface area contributed by atoms with Crippen molar-refractivity contribution in [3.8, 4) is 0 Å². The molecule has 0 aliphatic rings. The lowest BCUT2D eigenvalue weighted by Gasteiger charge is -2.10. The maximum absolute atomic E-state index is 13.6. The Hall–Kier alpha value is -3.24. The molecule has 0 atom stereocenters. The minimum atomic E-state index is -0.457. The number of unbranched alkanes of at least 4 members (excludes halogenated alkanes) is 2. The number of rotatable bonds is 14. The highest BCUT2D eigenvalue weighted by atomic mass is 32.1. The molecule has 0 aromatic carbocycles. The summed E-state index contributed by atoms with van der Waals surface area (Å²) < 4.78 is 2.70. The number of aromatic nitrogens is 3. The normalized spacial score (nSPS) is 11.6. The molecule has 10 heteroatoms. The van der Waals surface area contributed by atoms with Gasteiger partial charge in [0.25, 0.3) is 11.5 Å². The van der Waals surface area contributed by atoms with E-state index in [0.717, 1.165) is 57.8 Å². The Balaban J connectivity index is 2.18. The fraction of sp³-hybridized carbons (Fsp3) is 0.500. The molecule has 3 aromatic heterocycles. The SMILES string of the molecule is C=CC/C=N\c1[nH]c(C)c(Cc2sc3c(c2C(=O)NCCCCCO)c(=O)n(C)c(=O)n3CCC)c1CC. The smallest absolute Gasteiger partial charge is 0.331 e. The number of hydrogen-bond acceptors (Lipinski definition) is 6. The number of fused-ring (bicyclic) bond motifs is 1. The number of aliphatic hydroxyl groups excluding tert-OH is 1. The first-order valence-electron chi connectivity index (χ1n) is 13.3. The lowest BCUT2D eigenvalue weighted by Crippen LogP contribution is -2.38. The first-order chi connectivity index (χ1) is 18.3. The summed E-state index contributed by atoms with van der Waals surface area (Å²) in [5.74, 6) is 0.473. The Labute approximate surface area is 226 Å². The minimum Gasteiger partial charge on any atom is -0.396 e. The molecule has 0 aliphatic heterocycles. The van der Waals surface area contributed by atoms with Crippen LogP contribution < -0.4 is 16.6 Å². The first-order valence-corrected chi connectivity index (χ1v) is 14.1. The third-order valence-electron chi connectivity index (χ3n) is 6.63. The van der Waals surface area contributed by atoms with Crippen molar-refractivity contribution in [2.75, 3.05) is 13.2 Å². The van der Waals surface area contributed by atoms with E-state index in [1.165, 1.54) is 18.4 Å². The summed E-state index contributed by atoms with van der Waals surface area (Å²) >= 11 is 1.35. The molecule has 0 saturated carbocycles. The van der Waals surface area contributed by atoms with Crippen molar-refractivity contribution in [2.45, 2.75) is 72.3 Å². The summed E-state index contributed by atoms with van der Waals surface area (Å²) in [4.78, 5) is 49.2. The summed E-state index contributed by atoms with van der Waals surface area (Å²) in [5, 5.41) is 12.3. The number of carbonyl (C=O) groups excluding carboxylic acids is 1. The molecule has 3 N–H and O–H groups in total. The number of aromatic amines is 1. The van der Waals surface area contributed by atoms with E-state index in [1.54, 1.807) is 10.6 Å². The van der Waals surface area contributed by atoms with Crippen LogP contribution in [-0.4, -0.2) is 44.5 Å². The van der Waals surface area contributed by atoms with E-state index in [1.807, 2.05) is 20.1 Å². The predicted octanol–water partition coefficient (Wildman–Crippen LogP) is 4.13. The van der Waals surface area contributed by atoms with Gasteiger partial charge in [-0.05, 0) is 50.2 Å². The molecular weight excluding hydrogens is 502 g/mol. The largest absolute Gasteiger partial charge is 0.396 e. The highest BCUT2D eigenvalue weighted by molar-refractivity contribution is 7.19. The monoisotopic (exact) mass is 541 g/mol. The summed E-state index contributed by atoms with van der Waals surface area (Å²) in [5.41, 5.74) is 2.58. The lowest BCUT2D eigenvalue weighted by molar-refractivity contribution is 0.0954. The number of aryl methyl sites for hydroxylation is 2. The third-order valence-corrected chi connectivity index (χ3v) is 7.84. The molecule has 9 nitrogen and oxygen atoms in total. The van der Waals surface area contributed by atoms with Gasteiger partial charge in [0.15, 0.2) is 0 Å². The van der Waals surface area contributed by atoms with E-state index in [-0.39, 0.29) is 18.2 Å². The van der Waals surface area contributed by atoms with E-state index < -0.39 is 5.56 Å². The van der Waals surface area contributed by atoms with Crippen molar-refractivity contribution in [3.63, 3.8) is 0 Å². The van der Waals surface area contributed by atoms with E-state index >= 15 is 0 Å². The van der Waals surface area contributed by atoms with Crippen molar-refractivity contribution in [2.24, 2.45) is 12.0 Å². The van der Waals surface area contributed by atoms with Gasteiger partial charge in [0.2, 0.25) is 0 Å². The fourth-order valence-corrected chi connectivity index (χ4v) is 5.99. The van der Waals surface area contributed by atoms with Crippen LogP contribution in [0.2, 0.25) is 0 Å². The fourth-order valence-electron chi connectivity index (χ4n) is 4.67. The number of nitrogens with zero attached hydrogens (tertiary/aromatic N) is 3. The molecule has 1 amide bonds. The highest BCUT2D eigenvalue weighted by Gasteiger charge is 2.27. The van der Waals surface area contributed by atoms with Crippen LogP contribution in [0.3, 0.4) is 0 Å². The molecule has 0 aliphatic carbocycles. The van der Waals surface area contributed by atoms with Crippen LogP contribution in [0.5, 0.6) is 0 Å². The standard InChI is InChI=1S/C28H39N5O4S/c1-6-9-13-29-24-19(8-3)20(18(4)31-24)17-21-22(25(35)30-14-11-10-12-16-34)23-26(36)32(5)28(37)33(15-7-2)27(23)38-21/h6,13,31,34H,1,7-12,14-17H2,2-5H3,(H,30,35)/b29-13-. The van der Waals surface area contributed by atoms with Crippen LogP contribution in [0, 0.1) is 6.92 Å². The molecule has 3 rings (SSSR count). The molecule has 0 spiro atoms. The topological polar surface area (TPSA) is 121 Å². The van der Waals surface area contributed by atoms with Crippen LogP contribution in [-0.2, 0) is 26.4 Å². The molecule has 0 fully saturated rings. The molecule has 3 aromatic rings. The number of aliphatic hydroxyl groups is 1. The molecule has 0 radical (unpaired) electrons. The van der Waals surface area contributed by atoms with Crippen molar-refractivity contribution in [1.82, 2.24) is 19.4 Å². The summed E-state index contributed by atoms with van der Waals surface area (Å²) in [6.45, 7) is 10.8. The van der Waals surface area contributed by atoms with Crippen molar-refractivity contribution in [1.29, 1.82) is 0 Å². The number of H-pyrrole nitrogens is 1. The van der Waals surface area contributed by atoms with Gasteiger partial charge >= 0.3 is 5.69 Å². The molecule has 0 bridgehead atoms. The van der Waals surface area contributed by atoms with Gasteiger partial charge in [-0.15, -0.1) is 17.9 Å². The van der Waals surface area contributed by atoms with E-state index in [0.29, 0.717) is 48.1 Å². The molecule has 38 heavy (non-hydrogen) atoms.